The molecule has 0 radical (unpaired) electrons. The van der Waals surface area contributed by atoms with Gasteiger partial charge in [-0.25, -0.2) is 0 Å². The molecule has 1 atom stereocenters. The van der Waals surface area contributed by atoms with Crippen LogP contribution < -0.4 is 20.3 Å². The molecular formula is C19H21N3O6. The second-order valence-electron chi connectivity index (χ2n) is 6.11. The van der Waals surface area contributed by atoms with Crippen molar-refractivity contribution in [3.63, 3.8) is 0 Å². The minimum atomic E-state index is -0.823. The molecule has 9 heteroatoms. The number of hydrazine groups is 1. The lowest BCUT2D eigenvalue weighted by molar-refractivity contribution is -0.384. The third-order valence-corrected chi connectivity index (χ3v) is 3.76. The van der Waals surface area contributed by atoms with Gasteiger partial charge < -0.3 is 9.47 Å². The quantitative estimate of drug-likeness (QED) is 0.555. The molecule has 1 unspecified atom stereocenters. The number of carbonyl (C=O) groups is 2. The van der Waals surface area contributed by atoms with Crippen molar-refractivity contribution in [3.05, 3.63) is 63.7 Å². The molecule has 148 valence electrons. The molecule has 0 spiro atoms. The Hall–Kier alpha value is -3.62. The van der Waals surface area contributed by atoms with E-state index < -0.39 is 22.8 Å². The van der Waals surface area contributed by atoms with Crippen molar-refractivity contribution in [2.24, 2.45) is 0 Å². The minimum absolute atomic E-state index is 0.0816. The van der Waals surface area contributed by atoms with Crippen molar-refractivity contribution in [1.29, 1.82) is 0 Å². The number of nitrogens with zero attached hydrogens (tertiary/aromatic N) is 1. The summed E-state index contributed by atoms with van der Waals surface area (Å²) >= 11 is 0. The molecule has 2 rings (SSSR count). The average molecular weight is 387 g/mol. The molecule has 0 saturated carbocycles. The fourth-order valence-electron chi connectivity index (χ4n) is 2.16. The number of amides is 2. The number of nitrogens with one attached hydrogen (secondary N) is 2. The van der Waals surface area contributed by atoms with Gasteiger partial charge in [0, 0.05) is 12.1 Å². The monoisotopic (exact) mass is 387 g/mol. The zero-order valence-electron chi connectivity index (χ0n) is 15.7. The highest BCUT2D eigenvalue weighted by Crippen LogP contribution is 2.20. The number of benzene rings is 2. The Kier molecular flexibility index (Phi) is 6.91. The number of nitro groups is 1. The van der Waals surface area contributed by atoms with Crippen molar-refractivity contribution < 1.29 is 24.0 Å². The molecule has 0 heterocycles. The summed E-state index contributed by atoms with van der Waals surface area (Å²) in [7, 11) is 0. The second kappa shape index (κ2) is 9.36. The van der Waals surface area contributed by atoms with Crippen molar-refractivity contribution in [2.45, 2.75) is 26.9 Å². The molecule has 2 aromatic carbocycles. The first kappa shape index (κ1) is 20.7. The molecule has 0 aliphatic heterocycles. The van der Waals surface area contributed by atoms with Crippen molar-refractivity contribution in [2.75, 3.05) is 6.61 Å². The predicted octanol–water partition coefficient (Wildman–Crippen LogP) is 2.21. The van der Waals surface area contributed by atoms with E-state index in [2.05, 4.69) is 10.9 Å². The van der Waals surface area contributed by atoms with E-state index in [-0.39, 0.29) is 12.3 Å². The maximum absolute atomic E-state index is 12.1. The lowest BCUT2D eigenvalue weighted by atomic mass is 10.1. The molecule has 9 nitrogen and oxygen atoms in total. The van der Waals surface area contributed by atoms with Gasteiger partial charge in [-0.05, 0) is 50.1 Å². The van der Waals surface area contributed by atoms with E-state index in [4.69, 9.17) is 9.47 Å². The summed E-state index contributed by atoms with van der Waals surface area (Å²) in [5.41, 5.74) is 6.30. The van der Waals surface area contributed by atoms with Crippen LogP contribution in [-0.2, 0) is 9.59 Å². The summed E-state index contributed by atoms with van der Waals surface area (Å²) in [5.74, 6) is -0.232. The fraction of sp³-hybridized carbons (Fsp3) is 0.263. The third kappa shape index (κ3) is 5.97. The van der Waals surface area contributed by atoms with Gasteiger partial charge in [0.15, 0.2) is 12.7 Å². The molecule has 2 aromatic rings. The van der Waals surface area contributed by atoms with E-state index in [0.717, 1.165) is 11.1 Å². The number of carbonyl (C=O) groups excluding carboxylic acids is 2. The Morgan fingerprint density at radius 3 is 2.43 bits per heavy atom. The van der Waals surface area contributed by atoms with E-state index in [1.54, 1.807) is 6.92 Å². The molecule has 2 N–H and O–H groups in total. The molecule has 0 fully saturated rings. The van der Waals surface area contributed by atoms with E-state index in [9.17, 15) is 19.7 Å². The Balaban J connectivity index is 1.77. The molecular weight excluding hydrogens is 366 g/mol. The van der Waals surface area contributed by atoms with Crippen molar-refractivity contribution in [3.8, 4) is 11.5 Å². The van der Waals surface area contributed by atoms with E-state index in [1.807, 2.05) is 32.0 Å². The summed E-state index contributed by atoms with van der Waals surface area (Å²) < 4.78 is 10.8. The summed E-state index contributed by atoms with van der Waals surface area (Å²) in [6.07, 6.45) is -0.823. The van der Waals surface area contributed by atoms with E-state index >= 15 is 0 Å². The van der Waals surface area contributed by atoms with Gasteiger partial charge in [-0.1, -0.05) is 12.1 Å². The zero-order valence-corrected chi connectivity index (χ0v) is 15.7. The topological polar surface area (TPSA) is 120 Å². The van der Waals surface area contributed by atoms with E-state index in [1.165, 1.54) is 24.3 Å². The van der Waals surface area contributed by atoms with Crippen LogP contribution in [0.5, 0.6) is 11.5 Å². The molecule has 0 aliphatic carbocycles. The Morgan fingerprint density at radius 2 is 1.79 bits per heavy atom. The van der Waals surface area contributed by atoms with Crippen LogP contribution in [0.1, 0.15) is 18.1 Å². The van der Waals surface area contributed by atoms with Crippen LogP contribution >= 0.6 is 0 Å². The summed E-state index contributed by atoms with van der Waals surface area (Å²) in [6.45, 7) is 4.99. The van der Waals surface area contributed by atoms with Crippen LogP contribution in [0.3, 0.4) is 0 Å². The van der Waals surface area contributed by atoms with Crippen LogP contribution in [0.4, 0.5) is 5.69 Å². The molecule has 0 bridgehead atoms. The van der Waals surface area contributed by atoms with Crippen molar-refractivity contribution in [1.82, 2.24) is 10.9 Å². The molecule has 0 aliphatic rings. The number of aryl methyl sites for hydroxylation is 2. The number of non-ortho nitro benzene ring substituents is 1. The molecule has 0 aromatic heterocycles. The van der Waals surface area contributed by atoms with Gasteiger partial charge in [-0.15, -0.1) is 0 Å². The lowest BCUT2D eigenvalue weighted by Gasteiger charge is -2.17. The van der Waals surface area contributed by atoms with Gasteiger partial charge in [0.1, 0.15) is 11.5 Å². The SMILES string of the molecule is Cc1ccc(C)c(OC(C)C(=O)NNC(=O)COc2ccc([N+](=O)[O-])cc2)c1. The first-order valence-corrected chi connectivity index (χ1v) is 8.46. The first-order valence-electron chi connectivity index (χ1n) is 8.46. The second-order valence-corrected chi connectivity index (χ2v) is 6.11. The van der Waals surface area contributed by atoms with Crippen LogP contribution in [0.25, 0.3) is 0 Å². The van der Waals surface area contributed by atoms with Gasteiger partial charge in [0.2, 0.25) is 0 Å². The largest absolute Gasteiger partial charge is 0.484 e. The van der Waals surface area contributed by atoms with Crippen LogP contribution in [0.15, 0.2) is 42.5 Å². The number of hydrogen-bond acceptors (Lipinski definition) is 6. The maximum atomic E-state index is 12.1. The van der Waals surface area contributed by atoms with Gasteiger partial charge >= 0.3 is 0 Å². The summed E-state index contributed by atoms with van der Waals surface area (Å²) in [4.78, 5) is 33.9. The standard InChI is InChI=1S/C19H21N3O6/c1-12-4-5-13(2)17(10-12)28-14(3)19(24)21-20-18(23)11-27-16-8-6-15(7-9-16)22(25)26/h4-10,14H,11H2,1-3H3,(H,20,23)(H,21,24). The zero-order chi connectivity index (χ0) is 20.7. The highest BCUT2D eigenvalue weighted by atomic mass is 16.6. The third-order valence-electron chi connectivity index (χ3n) is 3.76. The minimum Gasteiger partial charge on any atom is -0.484 e. The Labute approximate surface area is 161 Å². The molecule has 2 amide bonds. The van der Waals surface area contributed by atoms with Crippen LogP contribution in [0.2, 0.25) is 0 Å². The Bertz CT molecular complexity index is 866. The Morgan fingerprint density at radius 1 is 1.11 bits per heavy atom. The summed E-state index contributed by atoms with van der Waals surface area (Å²) in [6, 6.07) is 11.0. The first-order chi connectivity index (χ1) is 13.3. The number of hydrogen-bond donors (Lipinski definition) is 2. The number of rotatable bonds is 7. The lowest BCUT2D eigenvalue weighted by Crippen LogP contribution is -2.48. The van der Waals surface area contributed by atoms with Gasteiger partial charge in [0.05, 0.1) is 4.92 Å². The van der Waals surface area contributed by atoms with E-state index in [0.29, 0.717) is 11.5 Å². The van der Waals surface area contributed by atoms with Gasteiger partial charge in [0.25, 0.3) is 17.5 Å². The van der Waals surface area contributed by atoms with Gasteiger partial charge in [-0.3, -0.25) is 30.6 Å². The molecule has 28 heavy (non-hydrogen) atoms. The normalized spacial score (nSPS) is 11.2. The highest BCUT2D eigenvalue weighted by Gasteiger charge is 2.16. The van der Waals surface area contributed by atoms with Gasteiger partial charge in [-0.2, -0.15) is 0 Å². The average Bonchev–Trinajstić information content (AvgIpc) is 2.67. The maximum Gasteiger partial charge on any atom is 0.279 e. The number of nitro benzene ring substituents is 1. The smallest absolute Gasteiger partial charge is 0.279 e. The predicted molar refractivity (Wildman–Crippen MR) is 101 cm³/mol. The molecule has 0 saturated heterocycles. The van der Waals surface area contributed by atoms with Crippen LogP contribution in [-0.4, -0.2) is 29.4 Å². The fourth-order valence-corrected chi connectivity index (χ4v) is 2.16. The highest BCUT2D eigenvalue weighted by molar-refractivity contribution is 5.85. The van der Waals surface area contributed by atoms with Crippen LogP contribution in [0, 0.1) is 24.0 Å². The van der Waals surface area contributed by atoms with Crippen molar-refractivity contribution >= 4 is 17.5 Å². The number of ether oxygens (including phenoxy) is 2. The summed E-state index contributed by atoms with van der Waals surface area (Å²) in [5, 5.41) is 10.6.